The lowest BCUT2D eigenvalue weighted by molar-refractivity contribution is -0.384. The number of alkyl halides is 1. The molecule has 0 bridgehead atoms. The Labute approximate surface area is 141 Å². The third kappa shape index (κ3) is 7.25. The van der Waals surface area contributed by atoms with Crippen LogP contribution >= 0.6 is 15.9 Å². The molecule has 0 aromatic heterocycles. The van der Waals surface area contributed by atoms with Gasteiger partial charge >= 0.3 is 0 Å². The van der Waals surface area contributed by atoms with E-state index in [1.807, 2.05) is 0 Å². The van der Waals surface area contributed by atoms with Gasteiger partial charge in [0.15, 0.2) is 0 Å². The van der Waals surface area contributed by atoms with Crippen molar-refractivity contribution in [1.82, 2.24) is 0 Å². The number of unbranched alkanes of at least 4 members (excludes halogenated alkanes) is 7. The molecule has 22 heavy (non-hydrogen) atoms. The molecule has 0 aliphatic rings. The van der Waals surface area contributed by atoms with Gasteiger partial charge < -0.3 is 4.74 Å². The molecule has 0 spiro atoms. The Kier molecular flexibility index (Phi) is 9.87. The fourth-order valence-corrected chi connectivity index (χ4v) is 2.78. The summed E-state index contributed by atoms with van der Waals surface area (Å²) in [6, 6.07) is 4.76. The molecule has 1 aromatic rings. The molecule has 0 saturated heterocycles. The fraction of sp³-hybridized carbons (Fsp3) is 0.647. The van der Waals surface area contributed by atoms with E-state index in [-0.39, 0.29) is 10.6 Å². The van der Waals surface area contributed by atoms with Crippen molar-refractivity contribution in [3.8, 4) is 5.75 Å². The summed E-state index contributed by atoms with van der Waals surface area (Å²) in [4.78, 5) is 10.4. The summed E-state index contributed by atoms with van der Waals surface area (Å²) >= 11 is 3.35. The molecule has 5 heteroatoms. The van der Waals surface area contributed by atoms with E-state index in [9.17, 15) is 10.1 Å². The first-order valence-electron chi connectivity index (χ1n) is 8.15. The van der Waals surface area contributed by atoms with Crippen LogP contribution in [0.3, 0.4) is 0 Å². The molecule has 0 unspecified atom stereocenters. The van der Waals surface area contributed by atoms with E-state index in [1.165, 1.54) is 51.0 Å². The van der Waals surface area contributed by atoms with Crippen LogP contribution in [0, 0.1) is 10.1 Å². The van der Waals surface area contributed by atoms with Gasteiger partial charge in [-0.15, -0.1) is 0 Å². The van der Waals surface area contributed by atoms with Crippen LogP contribution in [-0.4, -0.2) is 11.5 Å². The highest BCUT2D eigenvalue weighted by atomic mass is 79.9. The zero-order valence-corrected chi connectivity index (χ0v) is 14.9. The quantitative estimate of drug-likeness (QED) is 0.195. The molecule has 0 saturated carbocycles. The van der Waals surface area contributed by atoms with Crippen molar-refractivity contribution in [2.75, 3.05) is 6.61 Å². The summed E-state index contributed by atoms with van der Waals surface area (Å²) < 4.78 is 5.76. The van der Waals surface area contributed by atoms with Crippen LogP contribution in [0.5, 0.6) is 5.75 Å². The molecule has 0 heterocycles. The second-order valence-corrected chi connectivity index (χ2v) is 6.07. The average Bonchev–Trinajstić information content (AvgIpc) is 2.53. The predicted octanol–water partition coefficient (Wildman–Crippen LogP) is 6.01. The number of hydrogen-bond donors (Lipinski definition) is 0. The number of halogens is 1. The zero-order valence-electron chi connectivity index (χ0n) is 13.4. The zero-order chi connectivity index (χ0) is 16.2. The molecule has 0 fully saturated rings. The van der Waals surface area contributed by atoms with Gasteiger partial charge in [0.25, 0.3) is 5.69 Å². The van der Waals surface area contributed by atoms with Gasteiger partial charge in [-0.25, -0.2) is 0 Å². The molecule has 0 radical (unpaired) electrons. The van der Waals surface area contributed by atoms with Crippen LogP contribution in [0.25, 0.3) is 0 Å². The number of nitro groups is 1. The first kappa shape index (κ1) is 18.9. The Hall–Kier alpha value is -1.10. The Bertz CT molecular complexity index is 452. The molecule has 0 amide bonds. The number of benzene rings is 1. The monoisotopic (exact) mass is 371 g/mol. The van der Waals surface area contributed by atoms with Crippen LogP contribution in [0.4, 0.5) is 5.69 Å². The molecule has 0 aliphatic carbocycles. The molecule has 0 N–H and O–H groups in total. The van der Waals surface area contributed by atoms with Gasteiger partial charge in [0, 0.05) is 23.0 Å². The van der Waals surface area contributed by atoms with Gasteiger partial charge in [0.2, 0.25) is 0 Å². The Morgan fingerprint density at radius 3 is 2.32 bits per heavy atom. The minimum absolute atomic E-state index is 0.105. The van der Waals surface area contributed by atoms with Crippen molar-refractivity contribution >= 4 is 21.6 Å². The van der Waals surface area contributed by atoms with Gasteiger partial charge in [0.1, 0.15) is 5.75 Å². The van der Waals surface area contributed by atoms with Crippen LogP contribution in [0.2, 0.25) is 0 Å². The largest absolute Gasteiger partial charge is 0.493 e. The summed E-state index contributed by atoms with van der Waals surface area (Å²) in [5, 5.41) is 11.3. The lowest BCUT2D eigenvalue weighted by atomic mass is 10.1. The van der Waals surface area contributed by atoms with Gasteiger partial charge in [-0.3, -0.25) is 10.1 Å². The number of non-ortho nitro benzene ring substituents is 1. The number of ether oxygens (including phenoxy) is 1. The summed E-state index contributed by atoms with van der Waals surface area (Å²) in [6.07, 6.45) is 10.1. The SMILES string of the molecule is CCCCCCCCCCOc1ccc([N+](=O)[O-])cc1CBr. The van der Waals surface area contributed by atoms with Crippen molar-refractivity contribution in [3.63, 3.8) is 0 Å². The maximum atomic E-state index is 10.8. The molecular formula is C17H26BrNO3. The molecule has 0 aliphatic heterocycles. The standard InChI is InChI=1S/C17H26BrNO3/c1-2-3-4-5-6-7-8-9-12-22-17-11-10-16(19(20)21)13-15(17)14-18/h10-11,13H,2-9,12,14H2,1H3. The van der Waals surface area contributed by atoms with Crippen molar-refractivity contribution in [3.05, 3.63) is 33.9 Å². The summed E-state index contributed by atoms with van der Waals surface area (Å²) in [6.45, 7) is 2.91. The van der Waals surface area contributed by atoms with E-state index in [1.54, 1.807) is 12.1 Å². The highest BCUT2D eigenvalue weighted by molar-refractivity contribution is 9.08. The Balaban J connectivity index is 2.23. The first-order chi connectivity index (χ1) is 10.7. The third-order valence-electron chi connectivity index (χ3n) is 3.65. The minimum Gasteiger partial charge on any atom is -0.493 e. The predicted molar refractivity (Wildman–Crippen MR) is 93.8 cm³/mol. The normalized spacial score (nSPS) is 10.6. The summed E-state index contributed by atoms with van der Waals surface area (Å²) in [7, 11) is 0. The minimum atomic E-state index is -0.380. The van der Waals surface area contributed by atoms with E-state index < -0.39 is 0 Å². The van der Waals surface area contributed by atoms with Crippen LogP contribution in [-0.2, 0) is 5.33 Å². The van der Waals surface area contributed by atoms with Gasteiger partial charge in [0.05, 0.1) is 11.5 Å². The molecule has 4 nitrogen and oxygen atoms in total. The third-order valence-corrected chi connectivity index (χ3v) is 4.26. The van der Waals surface area contributed by atoms with Crippen molar-refractivity contribution < 1.29 is 9.66 Å². The Morgan fingerprint density at radius 2 is 1.73 bits per heavy atom. The van der Waals surface area contributed by atoms with Crippen molar-refractivity contribution in [2.45, 2.75) is 63.6 Å². The topological polar surface area (TPSA) is 52.4 Å². The highest BCUT2D eigenvalue weighted by Gasteiger charge is 2.10. The highest BCUT2D eigenvalue weighted by Crippen LogP contribution is 2.26. The van der Waals surface area contributed by atoms with Crippen LogP contribution in [0.15, 0.2) is 18.2 Å². The van der Waals surface area contributed by atoms with Gasteiger partial charge in [-0.05, 0) is 12.5 Å². The fourth-order valence-electron chi connectivity index (χ4n) is 2.34. The average molecular weight is 372 g/mol. The van der Waals surface area contributed by atoms with Crippen LogP contribution < -0.4 is 4.74 Å². The second-order valence-electron chi connectivity index (χ2n) is 5.51. The summed E-state index contributed by atoms with van der Waals surface area (Å²) in [5.74, 6) is 0.741. The summed E-state index contributed by atoms with van der Waals surface area (Å²) in [5.41, 5.74) is 0.933. The molecule has 0 atom stereocenters. The van der Waals surface area contributed by atoms with Crippen molar-refractivity contribution in [2.24, 2.45) is 0 Å². The van der Waals surface area contributed by atoms with Gasteiger partial charge in [-0.2, -0.15) is 0 Å². The number of hydrogen-bond acceptors (Lipinski definition) is 3. The number of nitrogens with zero attached hydrogens (tertiary/aromatic N) is 1. The van der Waals surface area contributed by atoms with Gasteiger partial charge in [-0.1, -0.05) is 67.8 Å². The molecule has 1 rings (SSSR count). The van der Waals surface area contributed by atoms with E-state index in [4.69, 9.17) is 4.74 Å². The smallest absolute Gasteiger partial charge is 0.270 e. The van der Waals surface area contributed by atoms with E-state index in [0.717, 1.165) is 17.7 Å². The second kappa shape index (κ2) is 11.5. The first-order valence-corrected chi connectivity index (χ1v) is 9.27. The van der Waals surface area contributed by atoms with Crippen LogP contribution in [0.1, 0.15) is 63.9 Å². The van der Waals surface area contributed by atoms with Crippen molar-refractivity contribution in [1.29, 1.82) is 0 Å². The lowest BCUT2D eigenvalue weighted by Crippen LogP contribution is -2.00. The number of rotatable bonds is 12. The maximum absolute atomic E-state index is 10.8. The Morgan fingerprint density at radius 1 is 1.09 bits per heavy atom. The number of nitro benzene ring substituents is 1. The molecule has 124 valence electrons. The molecule has 1 aromatic carbocycles. The van der Waals surface area contributed by atoms with E-state index >= 15 is 0 Å². The van der Waals surface area contributed by atoms with E-state index in [2.05, 4.69) is 22.9 Å². The molecular weight excluding hydrogens is 346 g/mol. The lowest BCUT2D eigenvalue weighted by Gasteiger charge is -2.10. The van der Waals surface area contributed by atoms with E-state index in [0.29, 0.717) is 11.9 Å². The maximum Gasteiger partial charge on any atom is 0.270 e.